The van der Waals surface area contributed by atoms with Crippen LogP contribution < -0.4 is 4.74 Å². The van der Waals surface area contributed by atoms with Gasteiger partial charge in [-0.15, -0.1) is 11.8 Å². The van der Waals surface area contributed by atoms with Crippen molar-refractivity contribution in [2.45, 2.75) is 25.7 Å². The van der Waals surface area contributed by atoms with Crippen molar-refractivity contribution >= 4 is 23.5 Å². The van der Waals surface area contributed by atoms with Crippen LogP contribution in [0.25, 0.3) is 5.69 Å². The number of esters is 1. The van der Waals surface area contributed by atoms with Crippen molar-refractivity contribution in [3.8, 4) is 11.4 Å². The van der Waals surface area contributed by atoms with Gasteiger partial charge in [-0.3, -0.25) is 9.59 Å². The quantitative estimate of drug-likeness (QED) is 0.292. The van der Waals surface area contributed by atoms with Crippen LogP contribution in [0.15, 0.2) is 59.5 Å². The van der Waals surface area contributed by atoms with Crippen molar-refractivity contribution in [2.75, 3.05) is 19.5 Å². The van der Waals surface area contributed by atoms with Crippen LogP contribution in [0.5, 0.6) is 5.75 Å². The average Bonchev–Trinajstić information content (AvgIpc) is 3.05. The number of methoxy groups -OCH3 is 1. The molecule has 6 heteroatoms. The number of carbonyl (C=O) groups is 2. The molecule has 0 unspecified atom stereocenters. The standard InChI is InChI=1S/C24H25NO4S/c1-16-7-5-6-8-23(16)30-15-24(27)29-14-22(26)21-13-17(2)25(18(21)3)19-9-11-20(28-4)12-10-19/h5-13H,14-15H2,1-4H3. The van der Waals surface area contributed by atoms with Crippen LogP contribution in [-0.2, 0) is 9.53 Å². The number of aromatic nitrogens is 1. The summed E-state index contributed by atoms with van der Waals surface area (Å²) in [4.78, 5) is 25.8. The number of hydrogen-bond acceptors (Lipinski definition) is 5. The van der Waals surface area contributed by atoms with E-state index in [1.165, 1.54) is 11.8 Å². The molecule has 0 saturated heterocycles. The maximum atomic E-state index is 12.7. The Labute approximate surface area is 181 Å². The lowest BCUT2D eigenvalue weighted by atomic mass is 10.1. The molecule has 0 spiro atoms. The van der Waals surface area contributed by atoms with Crippen LogP contribution in [0.3, 0.4) is 0 Å². The summed E-state index contributed by atoms with van der Waals surface area (Å²) in [6.07, 6.45) is 0. The zero-order valence-corrected chi connectivity index (χ0v) is 18.4. The summed E-state index contributed by atoms with van der Waals surface area (Å²) in [5, 5.41) is 0. The van der Waals surface area contributed by atoms with Crippen LogP contribution >= 0.6 is 11.8 Å². The van der Waals surface area contributed by atoms with Gasteiger partial charge in [0.1, 0.15) is 5.75 Å². The van der Waals surface area contributed by atoms with Gasteiger partial charge in [0.05, 0.1) is 12.9 Å². The van der Waals surface area contributed by atoms with E-state index in [1.807, 2.05) is 79.9 Å². The largest absolute Gasteiger partial charge is 0.497 e. The second kappa shape index (κ2) is 9.67. The molecule has 1 aromatic heterocycles. The molecule has 0 aliphatic carbocycles. The van der Waals surface area contributed by atoms with Crippen molar-refractivity contribution in [2.24, 2.45) is 0 Å². The summed E-state index contributed by atoms with van der Waals surface area (Å²) in [6.45, 7) is 5.56. The molecule has 3 aromatic rings. The molecule has 3 rings (SSSR count). The van der Waals surface area contributed by atoms with E-state index in [9.17, 15) is 9.59 Å². The van der Waals surface area contributed by atoms with Gasteiger partial charge < -0.3 is 14.0 Å². The minimum atomic E-state index is -0.402. The zero-order valence-electron chi connectivity index (χ0n) is 17.6. The van der Waals surface area contributed by atoms with Crippen LogP contribution in [0.2, 0.25) is 0 Å². The summed E-state index contributed by atoms with van der Waals surface area (Å²) in [6, 6.07) is 17.3. The fraction of sp³-hybridized carbons (Fsp3) is 0.250. The van der Waals surface area contributed by atoms with Gasteiger partial charge in [-0.05, 0) is 62.7 Å². The van der Waals surface area contributed by atoms with Crippen LogP contribution in [-0.4, -0.2) is 35.8 Å². The summed E-state index contributed by atoms with van der Waals surface area (Å²) in [5.41, 5.74) is 4.35. The maximum Gasteiger partial charge on any atom is 0.316 e. The Morgan fingerprint density at radius 3 is 2.37 bits per heavy atom. The highest BCUT2D eigenvalue weighted by atomic mass is 32.2. The highest BCUT2D eigenvalue weighted by molar-refractivity contribution is 8.00. The van der Waals surface area contributed by atoms with Gasteiger partial charge in [0.15, 0.2) is 6.61 Å². The Kier molecular flexibility index (Phi) is 7.00. The molecule has 0 aliphatic rings. The van der Waals surface area contributed by atoms with Crippen LogP contribution in [0, 0.1) is 20.8 Å². The zero-order chi connectivity index (χ0) is 21.7. The van der Waals surface area contributed by atoms with Crippen molar-refractivity contribution < 1.29 is 19.1 Å². The molecule has 0 aliphatic heterocycles. The number of hydrogen-bond donors (Lipinski definition) is 0. The van der Waals surface area contributed by atoms with E-state index in [1.54, 1.807) is 7.11 Å². The van der Waals surface area contributed by atoms with Gasteiger partial charge >= 0.3 is 5.97 Å². The Morgan fingerprint density at radius 1 is 1.00 bits per heavy atom. The van der Waals surface area contributed by atoms with Gasteiger partial charge in [-0.2, -0.15) is 0 Å². The molecule has 0 N–H and O–H groups in total. The third-order valence-electron chi connectivity index (χ3n) is 4.87. The Bertz CT molecular complexity index is 1050. The van der Waals surface area contributed by atoms with E-state index in [4.69, 9.17) is 9.47 Å². The van der Waals surface area contributed by atoms with Crippen LogP contribution in [0.1, 0.15) is 27.3 Å². The van der Waals surface area contributed by atoms with Crippen molar-refractivity contribution in [3.63, 3.8) is 0 Å². The monoisotopic (exact) mass is 423 g/mol. The first-order valence-electron chi connectivity index (χ1n) is 9.61. The van der Waals surface area contributed by atoms with Gasteiger partial charge in [0, 0.05) is 27.5 Å². The van der Waals surface area contributed by atoms with Crippen molar-refractivity contribution in [1.82, 2.24) is 4.57 Å². The Morgan fingerprint density at radius 2 is 1.70 bits per heavy atom. The molecule has 1 heterocycles. The minimum Gasteiger partial charge on any atom is -0.497 e. The molecular weight excluding hydrogens is 398 g/mol. The van der Waals surface area contributed by atoms with Gasteiger partial charge in [-0.25, -0.2) is 0 Å². The highest BCUT2D eigenvalue weighted by Gasteiger charge is 2.18. The third-order valence-corrected chi connectivity index (χ3v) is 6.01. The normalized spacial score (nSPS) is 10.7. The minimum absolute atomic E-state index is 0.170. The number of benzene rings is 2. The summed E-state index contributed by atoms with van der Waals surface area (Å²) in [7, 11) is 1.62. The number of ether oxygens (including phenoxy) is 2. The Balaban J connectivity index is 1.63. The van der Waals surface area contributed by atoms with E-state index in [0.29, 0.717) is 5.56 Å². The van der Waals surface area contributed by atoms with Crippen molar-refractivity contribution in [3.05, 3.63) is 77.1 Å². The number of carbonyl (C=O) groups excluding carboxylic acids is 2. The molecule has 30 heavy (non-hydrogen) atoms. The average molecular weight is 424 g/mol. The van der Waals surface area contributed by atoms with Gasteiger partial charge in [0.25, 0.3) is 0 Å². The smallest absolute Gasteiger partial charge is 0.316 e. The van der Waals surface area contributed by atoms with Gasteiger partial charge in [-0.1, -0.05) is 18.2 Å². The molecule has 156 valence electrons. The summed E-state index contributed by atoms with van der Waals surface area (Å²) in [5.74, 6) is 0.328. The first kappa shape index (κ1) is 21.7. The lowest BCUT2D eigenvalue weighted by Crippen LogP contribution is -2.16. The third kappa shape index (κ3) is 4.94. The fourth-order valence-electron chi connectivity index (χ4n) is 3.29. The lowest BCUT2D eigenvalue weighted by molar-refractivity contribution is -0.139. The summed E-state index contributed by atoms with van der Waals surface area (Å²) < 4.78 is 12.4. The molecule has 0 atom stereocenters. The molecule has 2 aromatic carbocycles. The number of nitrogens with zero attached hydrogens (tertiary/aromatic N) is 1. The first-order valence-corrected chi connectivity index (χ1v) is 10.6. The molecule has 5 nitrogen and oxygen atoms in total. The van der Waals surface area contributed by atoms with E-state index < -0.39 is 5.97 Å². The molecule has 0 bridgehead atoms. The van der Waals surface area contributed by atoms with Crippen LogP contribution in [0.4, 0.5) is 0 Å². The number of thioether (sulfide) groups is 1. The molecule has 0 radical (unpaired) electrons. The molecule has 0 saturated carbocycles. The molecule has 0 amide bonds. The lowest BCUT2D eigenvalue weighted by Gasteiger charge is -2.11. The second-order valence-electron chi connectivity index (χ2n) is 6.96. The number of Topliss-reactive ketones (excluding diaryl/α,β-unsaturated/α-hetero) is 1. The van der Waals surface area contributed by atoms with Gasteiger partial charge in [0.2, 0.25) is 5.78 Å². The van der Waals surface area contributed by atoms with E-state index in [-0.39, 0.29) is 18.1 Å². The highest BCUT2D eigenvalue weighted by Crippen LogP contribution is 2.24. The van der Waals surface area contributed by atoms with E-state index in [2.05, 4.69) is 0 Å². The van der Waals surface area contributed by atoms with E-state index in [0.717, 1.165) is 33.3 Å². The molecule has 0 fully saturated rings. The summed E-state index contributed by atoms with van der Waals surface area (Å²) >= 11 is 1.41. The number of rotatable bonds is 8. The number of ketones is 1. The number of aryl methyl sites for hydroxylation is 2. The second-order valence-corrected chi connectivity index (χ2v) is 7.97. The Hall–Kier alpha value is -2.99. The topological polar surface area (TPSA) is 57.5 Å². The fourth-order valence-corrected chi connectivity index (χ4v) is 4.12. The molecular formula is C24H25NO4S. The predicted molar refractivity (Wildman–Crippen MR) is 119 cm³/mol. The predicted octanol–water partition coefficient (Wildman–Crippen LogP) is 4.93. The first-order chi connectivity index (χ1) is 14.4. The van der Waals surface area contributed by atoms with E-state index >= 15 is 0 Å². The maximum absolute atomic E-state index is 12.7. The SMILES string of the molecule is COc1ccc(-n2c(C)cc(C(=O)COC(=O)CSc3ccccc3C)c2C)cc1. The van der Waals surface area contributed by atoms with Crippen molar-refractivity contribution in [1.29, 1.82) is 0 Å².